The SMILES string of the molecule is CN1CCCC1=NS(=O)(=O)c1ccc(NC(=O)C2CC2c2ccc(C(F)(F)F)cc2)cc1. The van der Waals surface area contributed by atoms with Crippen LogP contribution in [0.5, 0.6) is 0 Å². The highest BCUT2D eigenvalue weighted by Crippen LogP contribution is 2.48. The lowest BCUT2D eigenvalue weighted by Gasteiger charge is -2.11. The predicted octanol–water partition coefficient (Wildman–Crippen LogP) is 4.26. The van der Waals surface area contributed by atoms with Crippen molar-refractivity contribution in [3.05, 3.63) is 59.7 Å². The van der Waals surface area contributed by atoms with Crippen LogP contribution >= 0.6 is 0 Å². The molecule has 1 N–H and O–H groups in total. The third kappa shape index (κ3) is 4.79. The second kappa shape index (κ2) is 8.23. The van der Waals surface area contributed by atoms with E-state index >= 15 is 0 Å². The van der Waals surface area contributed by atoms with Crippen molar-refractivity contribution in [2.75, 3.05) is 18.9 Å². The Balaban J connectivity index is 1.37. The molecule has 0 bridgehead atoms. The number of rotatable bonds is 5. The number of nitrogens with zero attached hydrogens (tertiary/aromatic N) is 2. The van der Waals surface area contributed by atoms with E-state index in [2.05, 4.69) is 9.71 Å². The van der Waals surface area contributed by atoms with Gasteiger partial charge in [0.15, 0.2) is 0 Å². The molecular formula is C22H22F3N3O3S. The van der Waals surface area contributed by atoms with Crippen LogP contribution in [0.1, 0.15) is 36.3 Å². The topological polar surface area (TPSA) is 78.8 Å². The molecule has 1 saturated carbocycles. The molecule has 0 spiro atoms. The number of sulfonamides is 1. The molecule has 0 aromatic heterocycles. The van der Waals surface area contributed by atoms with E-state index in [9.17, 15) is 26.4 Å². The molecular weight excluding hydrogens is 443 g/mol. The minimum Gasteiger partial charge on any atom is -0.362 e. The smallest absolute Gasteiger partial charge is 0.362 e. The summed E-state index contributed by atoms with van der Waals surface area (Å²) in [6, 6.07) is 10.6. The maximum Gasteiger partial charge on any atom is 0.416 e. The molecule has 4 rings (SSSR count). The molecule has 0 radical (unpaired) electrons. The van der Waals surface area contributed by atoms with Crippen LogP contribution in [0.25, 0.3) is 0 Å². The summed E-state index contributed by atoms with van der Waals surface area (Å²) in [5.74, 6) is -0.181. The number of amidine groups is 1. The Kier molecular flexibility index (Phi) is 5.74. The van der Waals surface area contributed by atoms with Gasteiger partial charge in [-0.05, 0) is 60.7 Å². The van der Waals surface area contributed by atoms with Gasteiger partial charge in [0, 0.05) is 31.6 Å². The predicted molar refractivity (Wildman–Crippen MR) is 114 cm³/mol. The van der Waals surface area contributed by atoms with Crippen molar-refractivity contribution in [2.24, 2.45) is 10.3 Å². The van der Waals surface area contributed by atoms with Crippen LogP contribution in [-0.2, 0) is 21.0 Å². The summed E-state index contributed by atoms with van der Waals surface area (Å²) in [6.07, 6.45) is -2.36. The number of likely N-dealkylation sites (tertiary alicyclic amines) is 1. The lowest BCUT2D eigenvalue weighted by Crippen LogP contribution is -2.20. The molecule has 2 unspecified atom stereocenters. The molecule has 1 amide bonds. The van der Waals surface area contributed by atoms with Crippen LogP contribution < -0.4 is 5.32 Å². The molecule has 2 aliphatic rings. The summed E-state index contributed by atoms with van der Waals surface area (Å²) in [5.41, 5.74) is 0.413. The Morgan fingerprint density at radius 3 is 2.31 bits per heavy atom. The molecule has 2 fully saturated rings. The second-order valence-corrected chi connectivity index (χ2v) is 9.69. The van der Waals surface area contributed by atoms with E-state index in [-0.39, 0.29) is 22.6 Å². The van der Waals surface area contributed by atoms with E-state index in [0.717, 1.165) is 25.1 Å². The van der Waals surface area contributed by atoms with Gasteiger partial charge in [-0.15, -0.1) is 4.40 Å². The van der Waals surface area contributed by atoms with Crippen LogP contribution in [0.15, 0.2) is 57.8 Å². The number of carbonyl (C=O) groups excluding carboxylic acids is 1. The Morgan fingerprint density at radius 1 is 1.09 bits per heavy atom. The van der Waals surface area contributed by atoms with Gasteiger partial charge in [-0.1, -0.05) is 12.1 Å². The first kappa shape index (κ1) is 22.3. The number of carbonyl (C=O) groups is 1. The third-order valence-electron chi connectivity index (χ3n) is 5.77. The maximum absolute atomic E-state index is 12.7. The lowest BCUT2D eigenvalue weighted by atomic mass is 10.1. The van der Waals surface area contributed by atoms with Crippen molar-refractivity contribution < 1.29 is 26.4 Å². The quantitative estimate of drug-likeness (QED) is 0.716. The van der Waals surface area contributed by atoms with E-state index in [0.29, 0.717) is 29.9 Å². The van der Waals surface area contributed by atoms with Gasteiger partial charge in [0.25, 0.3) is 10.0 Å². The van der Waals surface area contributed by atoms with Gasteiger partial charge in [-0.2, -0.15) is 21.6 Å². The van der Waals surface area contributed by atoms with Gasteiger partial charge in [-0.25, -0.2) is 0 Å². The van der Waals surface area contributed by atoms with Gasteiger partial charge in [0.1, 0.15) is 5.84 Å². The highest BCUT2D eigenvalue weighted by molar-refractivity contribution is 7.90. The highest BCUT2D eigenvalue weighted by Gasteiger charge is 2.44. The van der Waals surface area contributed by atoms with Gasteiger partial charge in [0.2, 0.25) is 5.91 Å². The number of amides is 1. The molecule has 1 aliphatic heterocycles. The van der Waals surface area contributed by atoms with Crippen molar-refractivity contribution in [3.8, 4) is 0 Å². The van der Waals surface area contributed by atoms with Crippen molar-refractivity contribution in [3.63, 3.8) is 0 Å². The van der Waals surface area contributed by atoms with E-state index in [1.54, 1.807) is 7.05 Å². The molecule has 2 aromatic rings. The van der Waals surface area contributed by atoms with Gasteiger partial charge in [0.05, 0.1) is 10.5 Å². The van der Waals surface area contributed by atoms with E-state index in [1.807, 2.05) is 4.90 Å². The first-order valence-corrected chi connectivity index (χ1v) is 11.6. The van der Waals surface area contributed by atoms with E-state index < -0.39 is 21.8 Å². The largest absolute Gasteiger partial charge is 0.416 e. The number of nitrogens with one attached hydrogen (secondary N) is 1. The van der Waals surface area contributed by atoms with E-state index in [1.165, 1.54) is 36.4 Å². The van der Waals surface area contributed by atoms with Crippen molar-refractivity contribution in [2.45, 2.75) is 36.3 Å². The molecule has 1 aliphatic carbocycles. The lowest BCUT2D eigenvalue weighted by molar-refractivity contribution is -0.137. The number of hydrogen-bond donors (Lipinski definition) is 1. The minimum atomic E-state index is -4.39. The first-order chi connectivity index (χ1) is 15.0. The van der Waals surface area contributed by atoms with Gasteiger partial charge < -0.3 is 10.2 Å². The molecule has 170 valence electrons. The van der Waals surface area contributed by atoms with Gasteiger partial charge in [-0.3, -0.25) is 4.79 Å². The summed E-state index contributed by atoms with van der Waals surface area (Å²) in [7, 11) is -2.03. The third-order valence-corrected chi connectivity index (χ3v) is 7.09. The minimum absolute atomic E-state index is 0.0392. The highest BCUT2D eigenvalue weighted by atomic mass is 32.2. The fourth-order valence-electron chi connectivity index (χ4n) is 3.82. The summed E-state index contributed by atoms with van der Waals surface area (Å²) in [5, 5.41) is 2.74. The Bertz CT molecular complexity index is 1140. The Morgan fingerprint density at radius 2 is 1.75 bits per heavy atom. The number of alkyl halides is 3. The van der Waals surface area contributed by atoms with Crippen molar-refractivity contribution >= 4 is 27.5 Å². The summed E-state index contributed by atoms with van der Waals surface area (Å²) in [4.78, 5) is 14.3. The molecule has 2 aromatic carbocycles. The van der Waals surface area contributed by atoms with Crippen LogP contribution in [0.4, 0.5) is 18.9 Å². The van der Waals surface area contributed by atoms with Gasteiger partial charge >= 0.3 is 6.18 Å². The molecule has 1 heterocycles. The summed E-state index contributed by atoms with van der Waals surface area (Å²) < 4.78 is 67.0. The zero-order chi connectivity index (χ0) is 23.1. The Labute approximate surface area is 184 Å². The van der Waals surface area contributed by atoms with Crippen molar-refractivity contribution in [1.29, 1.82) is 0 Å². The standard InChI is InChI=1S/C22H22F3N3O3S/c1-28-12-2-3-20(28)27-32(30,31)17-10-8-16(9-11-17)26-21(29)19-13-18(19)14-4-6-15(7-5-14)22(23,24)25/h4-11,18-19H,2-3,12-13H2,1H3,(H,26,29). The zero-order valence-electron chi connectivity index (χ0n) is 17.3. The van der Waals surface area contributed by atoms with Crippen LogP contribution in [0.2, 0.25) is 0 Å². The monoisotopic (exact) mass is 465 g/mol. The normalized spacial score (nSPS) is 22.2. The fraction of sp³-hybridized carbons (Fsp3) is 0.364. The first-order valence-electron chi connectivity index (χ1n) is 10.2. The maximum atomic E-state index is 12.7. The van der Waals surface area contributed by atoms with Crippen LogP contribution in [0.3, 0.4) is 0 Å². The second-order valence-electron chi connectivity index (χ2n) is 8.09. The number of hydrogen-bond acceptors (Lipinski definition) is 3. The number of anilines is 1. The zero-order valence-corrected chi connectivity index (χ0v) is 18.1. The van der Waals surface area contributed by atoms with Crippen LogP contribution in [-0.4, -0.2) is 38.7 Å². The average molecular weight is 465 g/mol. The molecule has 10 heteroatoms. The van der Waals surface area contributed by atoms with Crippen LogP contribution in [0, 0.1) is 5.92 Å². The van der Waals surface area contributed by atoms with E-state index in [4.69, 9.17) is 0 Å². The molecule has 2 atom stereocenters. The fourth-order valence-corrected chi connectivity index (χ4v) is 4.91. The Hall–Kier alpha value is -2.88. The molecule has 32 heavy (non-hydrogen) atoms. The molecule has 1 saturated heterocycles. The number of benzene rings is 2. The molecule has 6 nitrogen and oxygen atoms in total. The average Bonchev–Trinajstić information content (AvgIpc) is 3.45. The van der Waals surface area contributed by atoms with Crippen molar-refractivity contribution in [1.82, 2.24) is 4.90 Å². The summed E-state index contributed by atoms with van der Waals surface area (Å²) in [6.45, 7) is 0.772. The summed E-state index contributed by atoms with van der Waals surface area (Å²) >= 11 is 0. The number of halogens is 3.